The van der Waals surface area contributed by atoms with E-state index in [1.165, 1.54) is 0 Å². The first-order valence-electron chi connectivity index (χ1n) is 5.66. The number of H-pyrrole nitrogens is 1. The molecule has 2 aromatic rings. The van der Waals surface area contributed by atoms with Crippen molar-refractivity contribution in [2.24, 2.45) is 0 Å². The molecule has 0 bridgehead atoms. The summed E-state index contributed by atoms with van der Waals surface area (Å²) < 4.78 is 0. The number of fused-ring (bicyclic) bond motifs is 1. The van der Waals surface area contributed by atoms with Crippen molar-refractivity contribution in [2.45, 2.75) is 6.42 Å². The summed E-state index contributed by atoms with van der Waals surface area (Å²) in [6.07, 6.45) is 3.19. The largest absolute Gasteiger partial charge is 0.372 e. The summed E-state index contributed by atoms with van der Waals surface area (Å²) in [7, 11) is 0. The van der Waals surface area contributed by atoms with Crippen LogP contribution in [-0.4, -0.2) is 23.5 Å². The monoisotopic (exact) mass is 248 g/mol. The average molecular weight is 248 g/mol. The van der Waals surface area contributed by atoms with Gasteiger partial charge in [-0.25, -0.2) is 0 Å². The zero-order valence-corrected chi connectivity index (χ0v) is 10.6. The number of thioether (sulfide) groups is 1. The molecule has 1 heterocycles. The van der Waals surface area contributed by atoms with Crippen molar-refractivity contribution in [1.29, 1.82) is 0 Å². The molecule has 0 aliphatic rings. The van der Waals surface area contributed by atoms with Gasteiger partial charge in [-0.15, -0.1) is 0 Å². The Hall–Kier alpha value is -1.42. The molecule has 0 unspecified atom stereocenters. The SMILES string of the molecule is CSCCCNc1cc2ccccc2c(=O)[nH]1. The molecule has 2 rings (SSSR count). The van der Waals surface area contributed by atoms with E-state index in [1.807, 2.05) is 42.1 Å². The third-order valence-electron chi connectivity index (χ3n) is 2.59. The van der Waals surface area contributed by atoms with E-state index in [2.05, 4.69) is 16.6 Å². The van der Waals surface area contributed by atoms with Crippen molar-refractivity contribution in [3.63, 3.8) is 0 Å². The Kier molecular flexibility index (Phi) is 4.09. The van der Waals surface area contributed by atoms with Crippen LogP contribution >= 0.6 is 11.8 Å². The van der Waals surface area contributed by atoms with Crippen LogP contribution in [0.2, 0.25) is 0 Å². The summed E-state index contributed by atoms with van der Waals surface area (Å²) in [5, 5.41) is 4.96. The van der Waals surface area contributed by atoms with Crippen LogP contribution in [0.3, 0.4) is 0 Å². The zero-order chi connectivity index (χ0) is 12.1. The minimum absolute atomic E-state index is 0.0320. The van der Waals surface area contributed by atoms with E-state index in [1.54, 1.807) is 0 Å². The van der Waals surface area contributed by atoms with Gasteiger partial charge in [0.2, 0.25) is 0 Å². The number of nitrogens with one attached hydrogen (secondary N) is 2. The normalized spacial score (nSPS) is 10.6. The van der Waals surface area contributed by atoms with Crippen molar-refractivity contribution in [3.8, 4) is 0 Å². The number of aromatic nitrogens is 1. The van der Waals surface area contributed by atoms with Gasteiger partial charge in [0.1, 0.15) is 5.82 Å². The molecule has 1 aromatic carbocycles. The number of hydrogen-bond acceptors (Lipinski definition) is 3. The van der Waals surface area contributed by atoms with Crippen molar-refractivity contribution < 1.29 is 0 Å². The van der Waals surface area contributed by atoms with Gasteiger partial charge in [-0.05, 0) is 35.9 Å². The van der Waals surface area contributed by atoms with E-state index in [0.717, 1.165) is 35.3 Å². The Balaban J connectivity index is 2.16. The van der Waals surface area contributed by atoms with Gasteiger partial charge in [0, 0.05) is 11.9 Å². The smallest absolute Gasteiger partial charge is 0.257 e. The minimum Gasteiger partial charge on any atom is -0.372 e. The van der Waals surface area contributed by atoms with E-state index >= 15 is 0 Å². The third kappa shape index (κ3) is 3.03. The van der Waals surface area contributed by atoms with Crippen LogP contribution in [0.4, 0.5) is 5.82 Å². The van der Waals surface area contributed by atoms with Gasteiger partial charge in [0.25, 0.3) is 5.56 Å². The topological polar surface area (TPSA) is 44.9 Å². The first kappa shape index (κ1) is 12.0. The fourth-order valence-electron chi connectivity index (χ4n) is 1.75. The maximum Gasteiger partial charge on any atom is 0.257 e. The number of benzene rings is 1. The summed E-state index contributed by atoms with van der Waals surface area (Å²) in [6, 6.07) is 9.60. The predicted octanol–water partition coefficient (Wildman–Crippen LogP) is 2.69. The molecular formula is C13H16N2OS. The van der Waals surface area contributed by atoms with Gasteiger partial charge in [0.05, 0.1) is 0 Å². The number of rotatable bonds is 5. The van der Waals surface area contributed by atoms with Crippen molar-refractivity contribution in [1.82, 2.24) is 4.98 Å². The summed E-state index contributed by atoms with van der Waals surface area (Å²) in [5.41, 5.74) is -0.0320. The predicted molar refractivity (Wildman–Crippen MR) is 76.1 cm³/mol. The first-order valence-corrected chi connectivity index (χ1v) is 7.05. The fourth-order valence-corrected chi connectivity index (χ4v) is 2.18. The van der Waals surface area contributed by atoms with Gasteiger partial charge in [0.15, 0.2) is 0 Å². The van der Waals surface area contributed by atoms with Crippen LogP contribution in [0.25, 0.3) is 10.8 Å². The Morgan fingerprint density at radius 2 is 2.18 bits per heavy atom. The van der Waals surface area contributed by atoms with Crippen LogP contribution in [0.5, 0.6) is 0 Å². The second-order valence-corrected chi connectivity index (χ2v) is 4.86. The van der Waals surface area contributed by atoms with Gasteiger partial charge in [-0.3, -0.25) is 4.79 Å². The Labute approximate surface area is 105 Å². The van der Waals surface area contributed by atoms with Crippen molar-refractivity contribution in [3.05, 3.63) is 40.7 Å². The molecule has 0 saturated heterocycles. The molecule has 3 nitrogen and oxygen atoms in total. The van der Waals surface area contributed by atoms with Crippen LogP contribution in [0.15, 0.2) is 35.1 Å². The quantitative estimate of drug-likeness (QED) is 0.800. The van der Waals surface area contributed by atoms with Crippen molar-refractivity contribution in [2.75, 3.05) is 23.9 Å². The lowest BCUT2D eigenvalue weighted by Gasteiger charge is -2.06. The summed E-state index contributed by atoms with van der Waals surface area (Å²) in [4.78, 5) is 14.6. The summed E-state index contributed by atoms with van der Waals surface area (Å²) in [6.45, 7) is 0.884. The van der Waals surface area contributed by atoms with Crippen LogP contribution in [0.1, 0.15) is 6.42 Å². The molecule has 0 aliphatic heterocycles. The molecular weight excluding hydrogens is 232 g/mol. The third-order valence-corrected chi connectivity index (χ3v) is 3.29. The molecule has 2 N–H and O–H groups in total. The average Bonchev–Trinajstić information content (AvgIpc) is 2.35. The lowest BCUT2D eigenvalue weighted by molar-refractivity contribution is 0.980. The standard InChI is InChI=1S/C13H16N2OS/c1-17-8-4-7-14-12-9-10-5-2-3-6-11(10)13(16)15-12/h2-3,5-6,9H,4,7-8H2,1H3,(H2,14,15,16). The Morgan fingerprint density at radius 3 is 3.00 bits per heavy atom. The zero-order valence-electron chi connectivity index (χ0n) is 9.82. The fraction of sp³-hybridized carbons (Fsp3) is 0.308. The van der Waals surface area contributed by atoms with Gasteiger partial charge in [-0.1, -0.05) is 18.2 Å². The van der Waals surface area contributed by atoms with Crippen molar-refractivity contribution >= 4 is 28.4 Å². The number of pyridine rings is 1. The van der Waals surface area contributed by atoms with E-state index < -0.39 is 0 Å². The lowest BCUT2D eigenvalue weighted by Crippen LogP contribution is -2.11. The molecule has 0 fully saturated rings. The molecule has 0 radical (unpaired) electrons. The second kappa shape index (κ2) is 5.77. The lowest BCUT2D eigenvalue weighted by atomic mass is 10.2. The molecule has 1 aromatic heterocycles. The van der Waals surface area contributed by atoms with E-state index in [-0.39, 0.29) is 5.56 Å². The highest BCUT2D eigenvalue weighted by atomic mass is 32.2. The molecule has 90 valence electrons. The van der Waals surface area contributed by atoms with Gasteiger partial charge < -0.3 is 10.3 Å². The van der Waals surface area contributed by atoms with E-state index in [9.17, 15) is 4.79 Å². The Morgan fingerprint density at radius 1 is 1.35 bits per heavy atom. The van der Waals surface area contributed by atoms with Gasteiger partial charge in [-0.2, -0.15) is 11.8 Å². The molecule has 0 saturated carbocycles. The van der Waals surface area contributed by atoms with Crippen LogP contribution in [-0.2, 0) is 0 Å². The molecule has 0 aliphatic carbocycles. The summed E-state index contributed by atoms with van der Waals surface area (Å²) in [5.74, 6) is 1.93. The number of anilines is 1. The summed E-state index contributed by atoms with van der Waals surface area (Å²) >= 11 is 1.83. The van der Waals surface area contributed by atoms with E-state index in [4.69, 9.17) is 0 Å². The molecule has 0 spiro atoms. The minimum atomic E-state index is -0.0320. The number of aromatic amines is 1. The molecule has 17 heavy (non-hydrogen) atoms. The second-order valence-electron chi connectivity index (χ2n) is 3.87. The molecule has 0 atom stereocenters. The van der Waals surface area contributed by atoms with Crippen LogP contribution in [0, 0.1) is 0 Å². The highest BCUT2D eigenvalue weighted by Gasteiger charge is 2.00. The maximum atomic E-state index is 11.8. The Bertz CT molecular complexity index is 550. The number of hydrogen-bond donors (Lipinski definition) is 2. The van der Waals surface area contributed by atoms with E-state index in [0.29, 0.717) is 0 Å². The molecule has 4 heteroatoms. The maximum absolute atomic E-state index is 11.8. The van der Waals surface area contributed by atoms with Crippen LogP contribution < -0.4 is 10.9 Å². The highest BCUT2D eigenvalue weighted by Crippen LogP contribution is 2.12. The highest BCUT2D eigenvalue weighted by molar-refractivity contribution is 7.98. The molecule has 0 amide bonds. The van der Waals surface area contributed by atoms with Gasteiger partial charge >= 0.3 is 0 Å². The first-order chi connectivity index (χ1) is 8.31.